The minimum Gasteiger partial charge on any atom is -0.341 e. The molecule has 1 N–H and O–H groups in total. The molecule has 8 heteroatoms. The quantitative estimate of drug-likeness (QED) is 0.654. The van der Waals surface area contributed by atoms with E-state index in [1.165, 1.54) is 4.90 Å². The molecule has 0 aliphatic carbocycles. The molecule has 0 saturated carbocycles. The summed E-state index contributed by atoms with van der Waals surface area (Å²) in [5, 5.41) is 2.83. The van der Waals surface area contributed by atoms with Gasteiger partial charge in [-0.2, -0.15) is 11.8 Å². The molecular formula is C24H25N3O4S. The van der Waals surface area contributed by atoms with Gasteiger partial charge in [0.05, 0.1) is 17.5 Å². The summed E-state index contributed by atoms with van der Waals surface area (Å²) in [6, 6.07) is 14.0. The Hall–Kier alpha value is -3.13. The number of fused-ring (bicyclic) bond motifs is 1. The summed E-state index contributed by atoms with van der Waals surface area (Å²) in [4.78, 5) is 52.5. The largest absolute Gasteiger partial charge is 0.341 e. The van der Waals surface area contributed by atoms with E-state index in [-0.39, 0.29) is 36.6 Å². The van der Waals surface area contributed by atoms with Crippen LogP contribution in [0.2, 0.25) is 0 Å². The zero-order chi connectivity index (χ0) is 22.5. The maximum absolute atomic E-state index is 12.4. The predicted octanol–water partition coefficient (Wildman–Crippen LogP) is 2.82. The number of nitrogens with zero attached hydrogens (tertiary/aromatic N) is 2. The molecule has 0 bridgehead atoms. The van der Waals surface area contributed by atoms with E-state index in [4.69, 9.17) is 0 Å². The van der Waals surface area contributed by atoms with E-state index in [0.29, 0.717) is 29.7 Å². The van der Waals surface area contributed by atoms with Crippen molar-refractivity contribution >= 4 is 41.1 Å². The number of thioether (sulfide) groups is 1. The molecule has 0 unspecified atom stereocenters. The second-order valence-corrected chi connectivity index (χ2v) is 9.05. The van der Waals surface area contributed by atoms with E-state index in [1.54, 1.807) is 36.4 Å². The first-order chi connectivity index (χ1) is 15.5. The van der Waals surface area contributed by atoms with Crippen LogP contribution in [0.1, 0.15) is 39.1 Å². The van der Waals surface area contributed by atoms with Crippen LogP contribution >= 0.6 is 11.8 Å². The van der Waals surface area contributed by atoms with Crippen LogP contribution in [0.4, 0.5) is 5.69 Å². The van der Waals surface area contributed by atoms with E-state index in [2.05, 4.69) is 5.32 Å². The molecule has 0 atom stereocenters. The number of amides is 4. The van der Waals surface area contributed by atoms with Crippen molar-refractivity contribution in [2.24, 2.45) is 0 Å². The first kappa shape index (κ1) is 22.1. The number of hydrogen-bond donors (Lipinski definition) is 1. The third-order valence-electron chi connectivity index (χ3n) is 5.62. The highest BCUT2D eigenvalue weighted by Gasteiger charge is 2.34. The van der Waals surface area contributed by atoms with Gasteiger partial charge in [-0.05, 0) is 36.2 Å². The minimum absolute atomic E-state index is 0.134. The molecule has 2 heterocycles. The van der Waals surface area contributed by atoms with Crippen LogP contribution in [0.25, 0.3) is 0 Å². The zero-order valence-corrected chi connectivity index (χ0v) is 18.5. The second kappa shape index (κ2) is 9.99. The van der Waals surface area contributed by atoms with Crippen LogP contribution < -0.4 is 5.32 Å². The smallest absolute Gasteiger partial charge is 0.261 e. The lowest BCUT2D eigenvalue weighted by molar-refractivity contribution is -0.130. The van der Waals surface area contributed by atoms with Crippen molar-refractivity contribution in [3.63, 3.8) is 0 Å². The molecule has 2 aromatic carbocycles. The normalized spacial score (nSPS) is 15.6. The number of imide groups is 1. The fourth-order valence-electron chi connectivity index (χ4n) is 3.87. The van der Waals surface area contributed by atoms with Gasteiger partial charge in [0.25, 0.3) is 11.8 Å². The maximum atomic E-state index is 12.4. The molecule has 2 aliphatic heterocycles. The van der Waals surface area contributed by atoms with Crippen molar-refractivity contribution in [1.29, 1.82) is 0 Å². The number of rotatable bonds is 7. The van der Waals surface area contributed by atoms with Gasteiger partial charge >= 0.3 is 0 Å². The van der Waals surface area contributed by atoms with E-state index >= 15 is 0 Å². The van der Waals surface area contributed by atoms with Crippen LogP contribution in [-0.2, 0) is 16.0 Å². The Kier molecular flexibility index (Phi) is 6.90. The highest BCUT2D eigenvalue weighted by Crippen LogP contribution is 2.22. The fourth-order valence-corrected chi connectivity index (χ4v) is 4.77. The number of nitrogens with one attached hydrogen (secondary N) is 1. The maximum Gasteiger partial charge on any atom is 0.261 e. The molecule has 32 heavy (non-hydrogen) atoms. The fraction of sp³-hybridized carbons (Fsp3) is 0.333. The second-order valence-electron chi connectivity index (χ2n) is 7.83. The Labute approximate surface area is 191 Å². The average molecular weight is 452 g/mol. The lowest BCUT2D eigenvalue weighted by Gasteiger charge is -2.26. The highest BCUT2D eigenvalue weighted by atomic mass is 32.2. The number of carbonyl (C=O) groups excluding carboxylic acids is 4. The number of benzene rings is 2. The standard InChI is InChI=1S/C24H25N3O4S/c28-21(6-3-11-27-23(30)19-4-1-2-5-20(19)24(27)31)25-18-9-7-17(8-10-18)16-22(29)26-12-14-32-15-13-26/h1-2,4-5,7-10H,3,6,11-16H2,(H,25,28). The van der Waals surface area contributed by atoms with Gasteiger partial charge in [-0.1, -0.05) is 24.3 Å². The van der Waals surface area contributed by atoms with Crippen LogP contribution in [-0.4, -0.2) is 64.6 Å². The van der Waals surface area contributed by atoms with E-state index in [1.807, 2.05) is 28.8 Å². The summed E-state index contributed by atoms with van der Waals surface area (Å²) in [5.41, 5.74) is 2.40. The van der Waals surface area contributed by atoms with Crippen molar-refractivity contribution < 1.29 is 19.2 Å². The Morgan fingerprint density at radius 3 is 2.16 bits per heavy atom. The molecule has 0 spiro atoms. The monoisotopic (exact) mass is 451 g/mol. The van der Waals surface area contributed by atoms with Crippen molar-refractivity contribution in [3.8, 4) is 0 Å². The molecule has 2 aliphatic rings. The Morgan fingerprint density at radius 1 is 0.906 bits per heavy atom. The van der Waals surface area contributed by atoms with E-state index in [0.717, 1.165) is 30.2 Å². The molecule has 1 fully saturated rings. The number of hydrogen-bond acceptors (Lipinski definition) is 5. The molecule has 0 radical (unpaired) electrons. The van der Waals surface area contributed by atoms with E-state index < -0.39 is 0 Å². The molecule has 4 amide bonds. The number of carbonyl (C=O) groups is 4. The van der Waals surface area contributed by atoms with Crippen molar-refractivity contribution in [2.75, 3.05) is 36.5 Å². The van der Waals surface area contributed by atoms with Crippen LogP contribution in [0.5, 0.6) is 0 Å². The molecule has 0 aromatic heterocycles. The lowest BCUT2D eigenvalue weighted by Crippen LogP contribution is -2.38. The summed E-state index contributed by atoms with van der Waals surface area (Å²) in [6.07, 6.45) is 0.942. The Bertz CT molecular complexity index is 997. The molecule has 166 valence electrons. The summed E-state index contributed by atoms with van der Waals surface area (Å²) in [7, 11) is 0. The summed E-state index contributed by atoms with van der Waals surface area (Å²) >= 11 is 1.87. The van der Waals surface area contributed by atoms with Gasteiger partial charge in [-0.25, -0.2) is 0 Å². The van der Waals surface area contributed by atoms with Gasteiger partial charge in [0, 0.05) is 43.2 Å². The van der Waals surface area contributed by atoms with Gasteiger partial charge in [0.2, 0.25) is 11.8 Å². The minimum atomic E-state index is -0.306. The topological polar surface area (TPSA) is 86.8 Å². The van der Waals surface area contributed by atoms with Crippen molar-refractivity contribution in [2.45, 2.75) is 19.3 Å². The molecule has 7 nitrogen and oxygen atoms in total. The van der Waals surface area contributed by atoms with E-state index in [9.17, 15) is 19.2 Å². The molecular weight excluding hydrogens is 426 g/mol. The lowest BCUT2D eigenvalue weighted by atomic mass is 10.1. The van der Waals surface area contributed by atoms with Crippen molar-refractivity contribution in [3.05, 3.63) is 65.2 Å². The highest BCUT2D eigenvalue weighted by molar-refractivity contribution is 7.99. The van der Waals surface area contributed by atoms with Gasteiger partial charge in [0.1, 0.15) is 0 Å². The third-order valence-corrected chi connectivity index (χ3v) is 6.56. The van der Waals surface area contributed by atoms with Crippen LogP contribution in [0.15, 0.2) is 48.5 Å². The Balaban J connectivity index is 1.22. The first-order valence-electron chi connectivity index (χ1n) is 10.7. The average Bonchev–Trinajstić information content (AvgIpc) is 3.06. The molecule has 4 rings (SSSR count). The summed E-state index contributed by atoms with van der Waals surface area (Å²) in [5.74, 6) is 1.32. The third kappa shape index (κ3) is 5.02. The zero-order valence-electron chi connectivity index (χ0n) is 17.7. The van der Waals surface area contributed by atoms with Crippen LogP contribution in [0, 0.1) is 0 Å². The van der Waals surface area contributed by atoms with Gasteiger partial charge in [-0.15, -0.1) is 0 Å². The Morgan fingerprint density at radius 2 is 1.53 bits per heavy atom. The molecule has 1 saturated heterocycles. The SMILES string of the molecule is O=C(CCCN1C(=O)c2ccccc2C1=O)Nc1ccc(CC(=O)N2CCSCC2)cc1. The van der Waals surface area contributed by atoms with Gasteiger partial charge in [-0.3, -0.25) is 24.1 Å². The van der Waals surface area contributed by atoms with Crippen molar-refractivity contribution in [1.82, 2.24) is 9.80 Å². The molecule has 2 aromatic rings. The first-order valence-corrected chi connectivity index (χ1v) is 11.9. The predicted molar refractivity (Wildman–Crippen MR) is 124 cm³/mol. The van der Waals surface area contributed by atoms with Gasteiger partial charge in [0.15, 0.2) is 0 Å². The van der Waals surface area contributed by atoms with Crippen LogP contribution in [0.3, 0.4) is 0 Å². The summed E-state index contributed by atoms with van der Waals surface area (Å²) < 4.78 is 0. The van der Waals surface area contributed by atoms with Gasteiger partial charge < -0.3 is 10.2 Å². The number of anilines is 1. The summed E-state index contributed by atoms with van der Waals surface area (Å²) in [6.45, 7) is 1.81.